The lowest BCUT2D eigenvalue weighted by Gasteiger charge is -2.35. The lowest BCUT2D eigenvalue weighted by Crippen LogP contribution is -2.46. The lowest BCUT2D eigenvalue weighted by molar-refractivity contribution is 0.00869. The van der Waals surface area contributed by atoms with Crippen molar-refractivity contribution in [1.29, 1.82) is 0 Å². The highest BCUT2D eigenvalue weighted by atomic mass is 79.9. The largest absolute Gasteiger partial charge is 0.380 e. The second kappa shape index (κ2) is 8.92. The number of halogens is 1. The standard InChI is InChI=1S/C18H28BrNO/c1-3-20-17(13-14-8-7-11-16(19)12-14)18(21-2)15-9-5-4-6-10-15/h7-8,11-12,15,17-18,20H,3-6,9-10,13H2,1-2H3. The van der Waals surface area contributed by atoms with Gasteiger partial charge in [-0.1, -0.05) is 54.2 Å². The first kappa shape index (κ1) is 17.0. The Kier molecular flexibility index (Phi) is 7.21. The van der Waals surface area contributed by atoms with Gasteiger partial charge in [-0.15, -0.1) is 0 Å². The van der Waals surface area contributed by atoms with Gasteiger partial charge in [-0.25, -0.2) is 0 Å². The van der Waals surface area contributed by atoms with Crippen LogP contribution in [0.15, 0.2) is 28.7 Å². The van der Waals surface area contributed by atoms with E-state index in [0.29, 0.717) is 18.1 Å². The van der Waals surface area contributed by atoms with E-state index >= 15 is 0 Å². The summed E-state index contributed by atoms with van der Waals surface area (Å²) in [5, 5.41) is 3.66. The van der Waals surface area contributed by atoms with Crippen LogP contribution >= 0.6 is 15.9 Å². The molecule has 21 heavy (non-hydrogen) atoms. The van der Waals surface area contributed by atoms with E-state index < -0.39 is 0 Å². The van der Waals surface area contributed by atoms with Crippen LogP contribution in [-0.2, 0) is 11.2 Å². The van der Waals surface area contributed by atoms with E-state index in [1.165, 1.54) is 37.7 Å². The topological polar surface area (TPSA) is 21.3 Å². The fourth-order valence-corrected chi connectivity index (χ4v) is 4.08. The van der Waals surface area contributed by atoms with Crippen LogP contribution in [0.1, 0.15) is 44.6 Å². The Morgan fingerprint density at radius 2 is 2.05 bits per heavy atom. The molecule has 2 atom stereocenters. The van der Waals surface area contributed by atoms with Crippen LogP contribution in [0, 0.1) is 5.92 Å². The highest BCUT2D eigenvalue weighted by molar-refractivity contribution is 9.10. The summed E-state index contributed by atoms with van der Waals surface area (Å²) < 4.78 is 7.09. The summed E-state index contributed by atoms with van der Waals surface area (Å²) in [4.78, 5) is 0. The Morgan fingerprint density at radius 1 is 1.29 bits per heavy atom. The van der Waals surface area contributed by atoms with Crippen molar-refractivity contribution in [3.05, 3.63) is 34.3 Å². The van der Waals surface area contributed by atoms with Gasteiger partial charge in [0.2, 0.25) is 0 Å². The van der Waals surface area contributed by atoms with E-state index in [1.54, 1.807) is 0 Å². The molecule has 0 spiro atoms. The van der Waals surface area contributed by atoms with Crippen LogP contribution in [0.25, 0.3) is 0 Å². The summed E-state index contributed by atoms with van der Waals surface area (Å²) in [5.41, 5.74) is 1.37. The van der Waals surface area contributed by atoms with Gasteiger partial charge in [-0.2, -0.15) is 0 Å². The predicted molar refractivity (Wildman–Crippen MR) is 92.7 cm³/mol. The monoisotopic (exact) mass is 353 g/mol. The van der Waals surface area contributed by atoms with Crippen molar-refractivity contribution < 1.29 is 4.74 Å². The summed E-state index contributed by atoms with van der Waals surface area (Å²) in [6.45, 7) is 3.17. The van der Waals surface area contributed by atoms with Gasteiger partial charge in [0.25, 0.3) is 0 Å². The van der Waals surface area contributed by atoms with E-state index in [9.17, 15) is 0 Å². The van der Waals surface area contributed by atoms with Gasteiger partial charge in [0, 0.05) is 17.6 Å². The van der Waals surface area contributed by atoms with Crippen molar-refractivity contribution in [2.45, 2.75) is 57.6 Å². The number of benzene rings is 1. The van der Waals surface area contributed by atoms with E-state index in [4.69, 9.17) is 4.74 Å². The molecule has 0 bridgehead atoms. The van der Waals surface area contributed by atoms with Crippen LogP contribution in [-0.4, -0.2) is 25.8 Å². The van der Waals surface area contributed by atoms with Gasteiger partial charge in [0.15, 0.2) is 0 Å². The van der Waals surface area contributed by atoms with Gasteiger partial charge >= 0.3 is 0 Å². The fraction of sp³-hybridized carbons (Fsp3) is 0.667. The summed E-state index contributed by atoms with van der Waals surface area (Å²) in [7, 11) is 1.88. The molecule has 0 aliphatic heterocycles. The normalized spacial score (nSPS) is 19.4. The minimum atomic E-state index is 0.323. The van der Waals surface area contributed by atoms with Crippen molar-refractivity contribution in [3.63, 3.8) is 0 Å². The van der Waals surface area contributed by atoms with Crippen LogP contribution in [0.3, 0.4) is 0 Å². The molecule has 1 N–H and O–H groups in total. The maximum Gasteiger partial charge on any atom is 0.0755 e. The first-order valence-electron chi connectivity index (χ1n) is 8.25. The number of likely N-dealkylation sites (N-methyl/N-ethyl adjacent to an activating group) is 1. The molecule has 0 heterocycles. The van der Waals surface area contributed by atoms with E-state index in [0.717, 1.165) is 17.4 Å². The zero-order valence-corrected chi connectivity index (χ0v) is 14.9. The molecule has 0 aromatic heterocycles. The molecule has 1 aliphatic rings. The quantitative estimate of drug-likeness (QED) is 0.775. The van der Waals surface area contributed by atoms with Gasteiger partial charge in [0.1, 0.15) is 0 Å². The molecule has 0 saturated heterocycles. The lowest BCUT2D eigenvalue weighted by atomic mass is 9.81. The van der Waals surface area contributed by atoms with Crippen molar-refractivity contribution in [3.8, 4) is 0 Å². The fourth-order valence-electron chi connectivity index (χ4n) is 3.63. The zero-order chi connectivity index (χ0) is 15.1. The predicted octanol–water partition coefficient (Wildman–Crippen LogP) is 4.57. The molecule has 2 rings (SSSR count). The summed E-state index contributed by atoms with van der Waals surface area (Å²) in [6, 6.07) is 9.03. The third kappa shape index (κ3) is 5.08. The molecular formula is C18H28BrNO. The maximum absolute atomic E-state index is 5.93. The van der Waals surface area contributed by atoms with E-state index in [1.807, 2.05) is 7.11 Å². The summed E-state index contributed by atoms with van der Waals surface area (Å²) in [6.07, 6.45) is 8.11. The first-order chi connectivity index (χ1) is 10.2. The Labute approximate surface area is 137 Å². The Hall–Kier alpha value is -0.380. The van der Waals surface area contributed by atoms with Crippen molar-refractivity contribution >= 4 is 15.9 Å². The van der Waals surface area contributed by atoms with Crippen molar-refractivity contribution in [2.24, 2.45) is 5.92 Å². The number of hydrogen-bond donors (Lipinski definition) is 1. The molecule has 0 amide bonds. The molecule has 2 nitrogen and oxygen atoms in total. The summed E-state index contributed by atoms with van der Waals surface area (Å²) in [5.74, 6) is 0.708. The molecule has 1 saturated carbocycles. The van der Waals surface area contributed by atoms with E-state index in [2.05, 4.69) is 52.4 Å². The van der Waals surface area contributed by atoms with Crippen molar-refractivity contribution in [2.75, 3.05) is 13.7 Å². The number of nitrogens with one attached hydrogen (secondary N) is 1. The van der Waals surface area contributed by atoms with Crippen LogP contribution in [0.4, 0.5) is 0 Å². The van der Waals surface area contributed by atoms with Gasteiger partial charge in [-0.05, 0) is 49.4 Å². The minimum Gasteiger partial charge on any atom is -0.380 e. The van der Waals surface area contributed by atoms with Crippen molar-refractivity contribution in [1.82, 2.24) is 5.32 Å². The molecule has 0 radical (unpaired) electrons. The Morgan fingerprint density at radius 3 is 2.67 bits per heavy atom. The van der Waals surface area contributed by atoms with Crippen LogP contribution in [0.2, 0.25) is 0 Å². The van der Waals surface area contributed by atoms with Crippen LogP contribution < -0.4 is 5.32 Å². The zero-order valence-electron chi connectivity index (χ0n) is 13.3. The smallest absolute Gasteiger partial charge is 0.0755 e. The van der Waals surface area contributed by atoms with Gasteiger partial charge in [0.05, 0.1) is 6.10 Å². The average molecular weight is 354 g/mol. The second-order valence-electron chi connectivity index (χ2n) is 6.10. The molecule has 1 aliphatic carbocycles. The number of methoxy groups -OCH3 is 1. The third-order valence-electron chi connectivity index (χ3n) is 4.59. The highest BCUT2D eigenvalue weighted by Crippen LogP contribution is 2.30. The number of rotatable bonds is 7. The molecular weight excluding hydrogens is 326 g/mol. The molecule has 1 fully saturated rings. The first-order valence-corrected chi connectivity index (χ1v) is 9.04. The summed E-state index contributed by atoms with van der Waals surface area (Å²) >= 11 is 3.57. The van der Waals surface area contributed by atoms with Gasteiger partial charge in [-0.3, -0.25) is 0 Å². The van der Waals surface area contributed by atoms with E-state index in [-0.39, 0.29) is 0 Å². The third-order valence-corrected chi connectivity index (χ3v) is 5.09. The molecule has 2 unspecified atom stereocenters. The minimum absolute atomic E-state index is 0.323. The SMILES string of the molecule is CCNC(Cc1cccc(Br)c1)C(OC)C1CCCCC1. The maximum atomic E-state index is 5.93. The van der Waals surface area contributed by atoms with Crippen LogP contribution in [0.5, 0.6) is 0 Å². The molecule has 1 aromatic rings. The number of ether oxygens (including phenoxy) is 1. The Bertz CT molecular complexity index is 417. The molecule has 118 valence electrons. The van der Waals surface area contributed by atoms with Gasteiger partial charge < -0.3 is 10.1 Å². The highest BCUT2D eigenvalue weighted by Gasteiger charge is 2.30. The molecule has 3 heteroatoms. The average Bonchev–Trinajstić information content (AvgIpc) is 2.49. The molecule has 1 aromatic carbocycles. The Balaban J connectivity index is 2.07. The number of hydrogen-bond acceptors (Lipinski definition) is 2. The second-order valence-corrected chi connectivity index (χ2v) is 7.01.